The molecular formula is C21H27BClN5O6. The minimum atomic E-state index is -2.16. The zero-order chi connectivity index (χ0) is 26.0. The minimum absolute atomic E-state index is 0.0558. The standard InChI is InChI=1S/C21H27BClN5O6/c1-11-9-12(23)10-25-15(11)17(29)27-14-8-7-13(16(26-14)22(32)33)21(5,18(24)30)28(6)19(31)34-20(2,3)4/h7-10,32-33H,1-6H3,(H2,24,30)(H,26,27,29). The number of nitrogens with two attached hydrogens (primary N) is 1. The third kappa shape index (κ3) is 5.82. The zero-order valence-electron chi connectivity index (χ0n) is 19.7. The van der Waals surface area contributed by atoms with Crippen molar-refractivity contribution in [1.82, 2.24) is 14.9 Å². The second-order valence-corrected chi connectivity index (χ2v) is 9.19. The molecule has 2 heterocycles. The molecule has 2 rings (SSSR count). The van der Waals surface area contributed by atoms with Crippen LogP contribution in [0.15, 0.2) is 24.4 Å². The van der Waals surface area contributed by atoms with Crippen molar-refractivity contribution < 1.29 is 29.2 Å². The first-order valence-corrected chi connectivity index (χ1v) is 10.5. The molecule has 2 aromatic heterocycles. The van der Waals surface area contributed by atoms with E-state index < -0.39 is 41.8 Å². The fraction of sp³-hybridized carbons (Fsp3) is 0.381. The Balaban J connectivity index is 2.49. The van der Waals surface area contributed by atoms with E-state index in [4.69, 9.17) is 22.1 Å². The molecule has 1 atom stereocenters. The Labute approximate surface area is 202 Å². The van der Waals surface area contributed by atoms with Crippen LogP contribution in [0.1, 0.15) is 49.3 Å². The van der Waals surface area contributed by atoms with Crippen molar-refractivity contribution in [1.29, 1.82) is 0 Å². The lowest BCUT2D eigenvalue weighted by atomic mass is 9.75. The summed E-state index contributed by atoms with van der Waals surface area (Å²) >= 11 is 5.87. The van der Waals surface area contributed by atoms with Crippen molar-refractivity contribution in [3.05, 3.63) is 46.2 Å². The van der Waals surface area contributed by atoms with Gasteiger partial charge >= 0.3 is 13.2 Å². The van der Waals surface area contributed by atoms with Crippen LogP contribution in [0, 0.1) is 6.92 Å². The first-order valence-electron chi connectivity index (χ1n) is 10.2. The van der Waals surface area contributed by atoms with Gasteiger partial charge in [-0.05, 0) is 52.3 Å². The molecule has 13 heteroatoms. The summed E-state index contributed by atoms with van der Waals surface area (Å²) in [6, 6.07) is 4.20. The topological polar surface area (TPSA) is 168 Å². The number of rotatable bonds is 6. The number of carbonyl (C=O) groups is 3. The van der Waals surface area contributed by atoms with Crippen LogP contribution in [0.2, 0.25) is 5.02 Å². The molecule has 0 aliphatic carbocycles. The van der Waals surface area contributed by atoms with Gasteiger partial charge in [0.15, 0.2) is 0 Å². The molecular weight excluding hydrogens is 465 g/mol. The SMILES string of the molecule is Cc1cc(Cl)cnc1C(=O)Nc1ccc(C(C)(C(N)=O)N(C)C(=O)OC(C)(C)C)c(B(O)O)n1. The Bertz CT molecular complexity index is 1120. The fourth-order valence-corrected chi connectivity index (χ4v) is 3.31. The molecule has 5 N–H and O–H groups in total. The number of nitrogens with zero attached hydrogens (tertiary/aromatic N) is 3. The number of primary amides is 1. The lowest BCUT2D eigenvalue weighted by Crippen LogP contribution is -2.58. The van der Waals surface area contributed by atoms with Crippen molar-refractivity contribution in [3.63, 3.8) is 0 Å². The summed E-state index contributed by atoms with van der Waals surface area (Å²) in [5.41, 5.74) is 3.05. The maximum atomic E-state index is 12.7. The number of nitrogens with one attached hydrogen (secondary N) is 1. The number of hydrogen-bond donors (Lipinski definition) is 4. The molecule has 0 aliphatic heterocycles. The Morgan fingerprint density at radius 1 is 1.21 bits per heavy atom. The highest BCUT2D eigenvalue weighted by Crippen LogP contribution is 2.28. The predicted molar refractivity (Wildman–Crippen MR) is 127 cm³/mol. The van der Waals surface area contributed by atoms with Gasteiger partial charge in [-0.2, -0.15) is 0 Å². The van der Waals surface area contributed by atoms with Crippen molar-refractivity contribution in [2.24, 2.45) is 5.73 Å². The van der Waals surface area contributed by atoms with E-state index in [0.29, 0.717) is 10.6 Å². The third-order valence-electron chi connectivity index (χ3n) is 5.01. The van der Waals surface area contributed by atoms with Crippen molar-refractivity contribution in [2.45, 2.75) is 45.8 Å². The van der Waals surface area contributed by atoms with E-state index in [0.717, 1.165) is 4.90 Å². The van der Waals surface area contributed by atoms with Crippen LogP contribution in [-0.4, -0.2) is 62.6 Å². The normalized spacial score (nSPS) is 13.0. The average molecular weight is 492 g/mol. The Morgan fingerprint density at radius 3 is 2.32 bits per heavy atom. The molecule has 0 spiro atoms. The van der Waals surface area contributed by atoms with Crippen LogP contribution in [0.3, 0.4) is 0 Å². The molecule has 0 bridgehead atoms. The van der Waals surface area contributed by atoms with E-state index in [-0.39, 0.29) is 17.1 Å². The molecule has 0 aliphatic rings. The molecule has 0 saturated carbocycles. The second-order valence-electron chi connectivity index (χ2n) is 8.75. The number of ether oxygens (including phenoxy) is 1. The van der Waals surface area contributed by atoms with Gasteiger partial charge in [0.05, 0.1) is 10.6 Å². The highest BCUT2D eigenvalue weighted by Gasteiger charge is 2.45. The number of amides is 3. The van der Waals surface area contributed by atoms with Gasteiger partial charge in [0.2, 0.25) is 5.91 Å². The number of pyridine rings is 2. The number of aryl methyl sites for hydroxylation is 1. The molecule has 11 nitrogen and oxygen atoms in total. The van der Waals surface area contributed by atoms with E-state index in [9.17, 15) is 24.4 Å². The van der Waals surface area contributed by atoms with Gasteiger partial charge in [-0.1, -0.05) is 17.7 Å². The molecule has 182 valence electrons. The summed E-state index contributed by atoms with van der Waals surface area (Å²) < 4.78 is 5.32. The summed E-state index contributed by atoms with van der Waals surface area (Å²) in [7, 11) is -0.871. The molecule has 0 radical (unpaired) electrons. The Hall–Kier alpha value is -3.22. The van der Waals surface area contributed by atoms with Gasteiger partial charge in [0.1, 0.15) is 22.7 Å². The van der Waals surface area contributed by atoms with Crippen LogP contribution < -0.4 is 16.6 Å². The van der Waals surface area contributed by atoms with Crippen molar-refractivity contribution in [2.75, 3.05) is 12.4 Å². The van der Waals surface area contributed by atoms with Gasteiger partial charge in [-0.25, -0.2) is 14.8 Å². The lowest BCUT2D eigenvalue weighted by molar-refractivity contribution is -0.129. The van der Waals surface area contributed by atoms with Crippen LogP contribution in [0.4, 0.5) is 10.6 Å². The van der Waals surface area contributed by atoms with Gasteiger partial charge in [0.25, 0.3) is 5.91 Å². The zero-order valence-corrected chi connectivity index (χ0v) is 20.5. The molecule has 0 fully saturated rings. The van der Waals surface area contributed by atoms with E-state index >= 15 is 0 Å². The minimum Gasteiger partial charge on any atom is -0.444 e. The molecule has 0 aromatic carbocycles. The highest BCUT2D eigenvalue weighted by atomic mass is 35.5. The molecule has 1 unspecified atom stereocenters. The summed E-state index contributed by atoms with van der Waals surface area (Å²) in [6.07, 6.45) is 0.446. The van der Waals surface area contributed by atoms with Crippen LogP contribution >= 0.6 is 11.6 Å². The van der Waals surface area contributed by atoms with Gasteiger partial charge in [0, 0.05) is 18.8 Å². The Kier molecular flexibility index (Phi) is 7.92. The largest absolute Gasteiger partial charge is 0.508 e. The fourth-order valence-electron chi connectivity index (χ4n) is 3.10. The average Bonchev–Trinajstić information content (AvgIpc) is 2.70. The number of anilines is 1. The van der Waals surface area contributed by atoms with Gasteiger partial charge in [-0.3, -0.25) is 14.5 Å². The van der Waals surface area contributed by atoms with Crippen LogP contribution in [-0.2, 0) is 15.1 Å². The predicted octanol–water partition coefficient (Wildman–Crippen LogP) is 0.938. The molecule has 34 heavy (non-hydrogen) atoms. The maximum absolute atomic E-state index is 12.7. The summed E-state index contributed by atoms with van der Waals surface area (Å²) in [5.74, 6) is -1.64. The molecule has 0 saturated heterocycles. The first kappa shape index (κ1) is 27.0. The van der Waals surface area contributed by atoms with Crippen molar-refractivity contribution in [3.8, 4) is 0 Å². The summed E-state index contributed by atoms with van der Waals surface area (Å²) in [6.45, 7) is 7.93. The van der Waals surface area contributed by atoms with E-state index in [1.807, 2.05) is 0 Å². The van der Waals surface area contributed by atoms with E-state index in [2.05, 4.69) is 15.3 Å². The van der Waals surface area contributed by atoms with Gasteiger partial charge in [-0.15, -0.1) is 0 Å². The quantitative estimate of drug-likeness (QED) is 0.433. The summed E-state index contributed by atoms with van der Waals surface area (Å²) in [5, 5.41) is 22.8. The molecule has 2 aromatic rings. The number of aromatic nitrogens is 2. The number of halogens is 1. The second kappa shape index (κ2) is 9.96. The van der Waals surface area contributed by atoms with E-state index in [1.54, 1.807) is 33.8 Å². The smallest absolute Gasteiger partial charge is 0.444 e. The number of likely N-dealkylation sites (N-methyl/N-ethyl adjacent to an activating group) is 1. The molecule has 3 amide bonds. The van der Waals surface area contributed by atoms with Crippen LogP contribution in [0.25, 0.3) is 0 Å². The van der Waals surface area contributed by atoms with Gasteiger partial charge < -0.3 is 25.8 Å². The Morgan fingerprint density at radius 2 is 1.82 bits per heavy atom. The van der Waals surface area contributed by atoms with E-state index in [1.165, 1.54) is 32.3 Å². The lowest BCUT2D eigenvalue weighted by Gasteiger charge is -2.38. The van der Waals surface area contributed by atoms with Crippen molar-refractivity contribution >= 4 is 48.0 Å². The summed E-state index contributed by atoms with van der Waals surface area (Å²) in [4.78, 5) is 46.8. The number of carbonyl (C=O) groups excluding carboxylic acids is 3. The monoisotopic (exact) mass is 491 g/mol. The third-order valence-corrected chi connectivity index (χ3v) is 5.22. The first-order chi connectivity index (χ1) is 15.6. The highest BCUT2D eigenvalue weighted by molar-refractivity contribution is 6.58. The van der Waals surface area contributed by atoms with Crippen LogP contribution in [0.5, 0.6) is 0 Å². The number of hydrogen-bond acceptors (Lipinski definition) is 8. The maximum Gasteiger partial charge on any atom is 0.508 e.